The van der Waals surface area contributed by atoms with E-state index in [0.717, 1.165) is 0 Å². The van der Waals surface area contributed by atoms with E-state index in [-0.39, 0.29) is 23.9 Å². The van der Waals surface area contributed by atoms with Gasteiger partial charge in [-0.05, 0) is 30.9 Å². The van der Waals surface area contributed by atoms with Crippen LogP contribution >= 0.6 is 0 Å². The van der Waals surface area contributed by atoms with Gasteiger partial charge in [0.15, 0.2) is 0 Å². The molecule has 1 aliphatic rings. The highest BCUT2D eigenvalue weighted by Crippen LogP contribution is 2.19. The van der Waals surface area contributed by atoms with Crippen LogP contribution < -0.4 is 11.1 Å². The number of primary amides is 1. The molecule has 1 fully saturated rings. The third-order valence-electron chi connectivity index (χ3n) is 4.10. The summed E-state index contributed by atoms with van der Waals surface area (Å²) >= 11 is 0. The number of ether oxygens (including phenoxy) is 1. The molecule has 1 aromatic rings. The van der Waals surface area contributed by atoms with E-state index in [2.05, 4.69) is 19.2 Å². The van der Waals surface area contributed by atoms with Gasteiger partial charge in [-0.25, -0.2) is 4.79 Å². The minimum absolute atomic E-state index is 0.135. The van der Waals surface area contributed by atoms with Crippen LogP contribution in [0.3, 0.4) is 0 Å². The Balaban J connectivity index is 1.89. The van der Waals surface area contributed by atoms with Crippen LogP contribution in [0, 0.1) is 11.8 Å². The van der Waals surface area contributed by atoms with Gasteiger partial charge in [-0.1, -0.05) is 13.8 Å². The monoisotopic (exact) mass is 337 g/mol. The molecule has 0 bridgehead atoms. The van der Waals surface area contributed by atoms with Crippen molar-refractivity contribution in [3.05, 3.63) is 24.2 Å². The third-order valence-corrected chi connectivity index (χ3v) is 4.10. The Hall–Kier alpha value is -2.02. The molecule has 134 valence electrons. The Morgan fingerprint density at radius 3 is 2.62 bits per heavy atom. The van der Waals surface area contributed by atoms with Crippen LogP contribution in [0.15, 0.2) is 22.8 Å². The minimum atomic E-state index is -0.333. The number of nitrogens with zero attached hydrogens (tertiary/aromatic N) is 1. The van der Waals surface area contributed by atoms with Crippen molar-refractivity contribution in [2.45, 2.75) is 32.7 Å². The number of carbonyl (C=O) groups is 2. The highest BCUT2D eigenvalue weighted by Gasteiger charge is 2.27. The average molecular weight is 337 g/mol. The number of rotatable bonds is 7. The maximum atomic E-state index is 12.5. The number of likely N-dealkylation sites (tertiary alicyclic amines) is 1. The fourth-order valence-corrected chi connectivity index (χ4v) is 2.71. The van der Waals surface area contributed by atoms with Crippen LogP contribution in [0.25, 0.3) is 0 Å². The first kappa shape index (κ1) is 18.3. The second kappa shape index (κ2) is 8.73. The Morgan fingerprint density at radius 2 is 2.08 bits per heavy atom. The average Bonchev–Trinajstić information content (AvgIpc) is 3.08. The number of urea groups is 1. The molecule has 0 saturated carbocycles. The molecule has 1 saturated heterocycles. The smallest absolute Gasteiger partial charge is 0.318 e. The molecule has 2 rings (SSSR count). The number of carbonyl (C=O) groups excluding carboxylic acids is 2. The Bertz CT molecular complexity index is 522. The lowest BCUT2D eigenvalue weighted by Crippen LogP contribution is -2.47. The number of piperidine rings is 1. The molecule has 1 aromatic heterocycles. The highest BCUT2D eigenvalue weighted by atomic mass is 16.5. The van der Waals surface area contributed by atoms with Crippen LogP contribution in [0.2, 0.25) is 0 Å². The summed E-state index contributed by atoms with van der Waals surface area (Å²) in [6.45, 7) is 6.17. The topological polar surface area (TPSA) is 97.8 Å². The molecule has 0 unspecified atom stereocenters. The molecule has 3 amide bonds. The van der Waals surface area contributed by atoms with E-state index in [9.17, 15) is 9.59 Å². The van der Waals surface area contributed by atoms with E-state index in [1.807, 2.05) is 6.07 Å². The molecular weight excluding hydrogens is 310 g/mol. The zero-order valence-corrected chi connectivity index (χ0v) is 14.4. The number of hydrogen-bond acceptors (Lipinski definition) is 4. The summed E-state index contributed by atoms with van der Waals surface area (Å²) < 4.78 is 11.1. The fourth-order valence-electron chi connectivity index (χ4n) is 2.71. The van der Waals surface area contributed by atoms with Gasteiger partial charge in [0, 0.05) is 25.6 Å². The molecule has 0 aromatic carbocycles. The van der Waals surface area contributed by atoms with Crippen molar-refractivity contribution in [3.8, 4) is 0 Å². The van der Waals surface area contributed by atoms with Crippen molar-refractivity contribution >= 4 is 11.9 Å². The number of nitrogens with two attached hydrogens (primary N) is 1. The molecule has 3 N–H and O–H groups in total. The Labute approximate surface area is 142 Å². The van der Waals surface area contributed by atoms with Gasteiger partial charge in [0.2, 0.25) is 5.91 Å². The molecule has 1 atom stereocenters. The van der Waals surface area contributed by atoms with E-state index >= 15 is 0 Å². The molecule has 0 radical (unpaired) electrons. The predicted molar refractivity (Wildman–Crippen MR) is 89.1 cm³/mol. The Morgan fingerprint density at radius 1 is 1.38 bits per heavy atom. The second-order valence-corrected chi connectivity index (χ2v) is 6.61. The number of nitrogens with one attached hydrogen (secondary N) is 1. The zero-order chi connectivity index (χ0) is 17.5. The SMILES string of the molecule is CC(C)COC[C@H](NC(=O)N1CCC(C(N)=O)CC1)c1ccco1. The van der Waals surface area contributed by atoms with Gasteiger partial charge in [0.25, 0.3) is 0 Å². The van der Waals surface area contributed by atoms with E-state index in [4.69, 9.17) is 14.9 Å². The van der Waals surface area contributed by atoms with Crippen molar-refractivity contribution < 1.29 is 18.7 Å². The van der Waals surface area contributed by atoms with Gasteiger partial charge in [-0.2, -0.15) is 0 Å². The molecule has 0 spiro atoms. The lowest BCUT2D eigenvalue weighted by Gasteiger charge is -2.31. The molecule has 0 aliphatic carbocycles. The van der Waals surface area contributed by atoms with E-state index in [1.165, 1.54) is 0 Å². The van der Waals surface area contributed by atoms with Crippen molar-refractivity contribution in [2.24, 2.45) is 17.6 Å². The lowest BCUT2D eigenvalue weighted by atomic mass is 9.96. The van der Waals surface area contributed by atoms with Crippen molar-refractivity contribution in [1.29, 1.82) is 0 Å². The fraction of sp³-hybridized carbons (Fsp3) is 0.647. The van der Waals surface area contributed by atoms with E-state index in [0.29, 0.717) is 50.8 Å². The summed E-state index contributed by atoms with van der Waals surface area (Å²) in [7, 11) is 0. The van der Waals surface area contributed by atoms with Gasteiger partial charge in [0.05, 0.1) is 12.9 Å². The van der Waals surface area contributed by atoms with E-state index in [1.54, 1.807) is 17.2 Å². The summed E-state index contributed by atoms with van der Waals surface area (Å²) in [5.41, 5.74) is 5.33. The molecular formula is C17H27N3O4. The summed E-state index contributed by atoms with van der Waals surface area (Å²) in [4.78, 5) is 25.4. The van der Waals surface area contributed by atoms with Crippen LogP contribution in [-0.2, 0) is 9.53 Å². The van der Waals surface area contributed by atoms with Crippen LogP contribution in [0.4, 0.5) is 4.79 Å². The van der Waals surface area contributed by atoms with Gasteiger partial charge in [-0.3, -0.25) is 4.79 Å². The normalized spacial score (nSPS) is 17.0. The van der Waals surface area contributed by atoms with Crippen molar-refractivity contribution in [3.63, 3.8) is 0 Å². The number of hydrogen-bond donors (Lipinski definition) is 2. The van der Waals surface area contributed by atoms with Crippen molar-refractivity contribution in [1.82, 2.24) is 10.2 Å². The van der Waals surface area contributed by atoms with Gasteiger partial charge >= 0.3 is 6.03 Å². The quantitative estimate of drug-likeness (QED) is 0.794. The van der Waals surface area contributed by atoms with Gasteiger partial charge in [0.1, 0.15) is 11.8 Å². The largest absolute Gasteiger partial charge is 0.467 e. The molecule has 7 heteroatoms. The van der Waals surface area contributed by atoms with Crippen molar-refractivity contribution in [2.75, 3.05) is 26.3 Å². The van der Waals surface area contributed by atoms with E-state index < -0.39 is 0 Å². The third kappa shape index (κ3) is 5.26. The second-order valence-electron chi connectivity index (χ2n) is 6.61. The molecule has 24 heavy (non-hydrogen) atoms. The molecule has 7 nitrogen and oxygen atoms in total. The van der Waals surface area contributed by atoms with Gasteiger partial charge < -0.3 is 25.1 Å². The summed E-state index contributed by atoms with van der Waals surface area (Å²) in [6.07, 6.45) is 2.80. The molecule has 2 heterocycles. The standard InChI is InChI=1S/C17H27N3O4/c1-12(2)10-23-11-14(15-4-3-9-24-15)19-17(22)20-7-5-13(6-8-20)16(18)21/h3-4,9,12-14H,5-8,10-11H2,1-2H3,(H2,18,21)(H,19,22)/t14-/m0/s1. The Kier molecular flexibility index (Phi) is 6.66. The predicted octanol–water partition coefficient (Wildman–Crippen LogP) is 1.90. The van der Waals surface area contributed by atoms with Gasteiger partial charge in [-0.15, -0.1) is 0 Å². The zero-order valence-electron chi connectivity index (χ0n) is 14.4. The van der Waals surface area contributed by atoms with Crippen LogP contribution in [-0.4, -0.2) is 43.1 Å². The summed E-state index contributed by atoms with van der Waals surface area (Å²) in [6, 6.07) is 3.10. The maximum absolute atomic E-state index is 12.5. The maximum Gasteiger partial charge on any atom is 0.318 e. The first-order chi connectivity index (χ1) is 11.5. The highest BCUT2D eigenvalue weighted by molar-refractivity contribution is 5.78. The minimum Gasteiger partial charge on any atom is -0.467 e. The summed E-state index contributed by atoms with van der Waals surface area (Å²) in [5, 5.41) is 2.96. The lowest BCUT2D eigenvalue weighted by molar-refractivity contribution is -0.123. The number of amides is 3. The first-order valence-corrected chi connectivity index (χ1v) is 8.43. The summed E-state index contributed by atoms with van der Waals surface area (Å²) in [5.74, 6) is 0.666. The number of furan rings is 1. The molecule has 1 aliphatic heterocycles. The van der Waals surface area contributed by atoms with Crippen LogP contribution in [0.5, 0.6) is 0 Å². The first-order valence-electron chi connectivity index (χ1n) is 8.43. The van der Waals surface area contributed by atoms with Crippen LogP contribution in [0.1, 0.15) is 38.5 Å².